The number of fused-ring (bicyclic) bond motifs is 1. The molecule has 3 heterocycles. The van der Waals surface area contributed by atoms with Crippen molar-refractivity contribution in [3.05, 3.63) is 83.1 Å². The van der Waals surface area contributed by atoms with Gasteiger partial charge < -0.3 is 20.7 Å². The van der Waals surface area contributed by atoms with Crippen molar-refractivity contribution in [3.63, 3.8) is 0 Å². The number of hydrogen-bond acceptors (Lipinski definition) is 8. The molecule has 2 aromatic heterocycles. The number of aromatic nitrogens is 4. The molecule has 210 valence electrons. The van der Waals surface area contributed by atoms with Crippen molar-refractivity contribution < 1.29 is 9.53 Å². The van der Waals surface area contributed by atoms with Gasteiger partial charge in [-0.3, -0.25) is 13.9 Å². The molecule has 1 aliphatic rings. The molecule has 5 rings (SSSR count). The molecule has 1 amide bonds. The molecule has 11 nitrogen and oxygen atoms in total. The van der Waals surface area contributed by atoms with Crippen LogP contribution in [0, 0.1) is 11.3 Å². The van der Waals surface area contributed by atoms with E-state index < -0.39 is 5.54 Å². The van der Waals surface area contributed by atoms with E-state index in [0.717, 1.165) is 0 Å². The monoisotopic (exact) mass is 552 g/mol. The van der Waals surface area contributed by atoms with Crippen molar-refractivity contribution in [2.75, 3.05) is 18.8 Å². The van der Waals surface area contributed by atoms with Crippen molar-refractivity contribution in [1.29, 1.82) is 5.26 Å². The fraction of sp³-hybridized carbons (Fsp3) is 0.300. The first-order chi connectivity index (χ1) is 19.6. The summed E-state index contributed by atoms with van der Waals surface area (Å²) in [6.45, 7) is 8.33. The molecule has 11 heteroatoms. The van der Waals surface area contributed by atoms with Crippen molar-refractivity contribution in [1.82, 2.24) is 29.3 Å². The first-order valence-corrected chi connectivity index (χ1v) is 13.3. The van der Waals surface area contributed by atoms with Crippen LogP contribution in [-0.4, -0.2) is 54.6 Å². The number of hydrogen-bond donors (Lipinski definition) is 2. The van der Waals surface area contributed by atoms with Gasteiger partial charge in [-0.15, -0.1) is 0 Å². The topological polar surface area (TPSA) is 144 Å². The molecule has 0 bridgehead atoms. The number of rotatable bonds is 8. The third-order valence-electron chi connectivity index (χ3n) is 6.79. The summed E-state index contributed by atoms with van der Waals surface area (Å²) in [5.74, 6) is 1.10. The van der Waals surface area contributed by atoms with Crippen LogP contribution in [0.5, 0.6) is 11.5 Å². The number of para-hydroxylation sites is 1. The van der Waals surface area contributed by atoms with Crippen molar-refractivity contribution in [2.45, 2.75) is 45.3 Å². The van der Waals surface area contributed by atoms with E-state index in [1.807, 2.05) is 64.1 Å². The zero-order valence-corrected chi connectivity index (χ0v) is 23.4. The Morgan fingerprint density at radius 2 is 1.78 bits per heavy atom. The van der Waals surface area contributed by atoms with Crippen LogP contribution in [-0.2, 0) is 4.79 Å². The number of carbonyl (C=O) groups excluding carboxylic acids is 1. The highest BCUT2D eigenvalue weighted by molar-refractivity contribution is 5.98. The second-order valence-corrected chi connectivity index (χ2v) is 10.9. The van der Waals surface area contributed by atoms with Crippen LogP contribution in [0.15, 0.2) is 77.4 Å². The van der Waals surface area contributed by atoms with E-state index in [4.69, 9.17) is 10.5 Å². The zero-order chi connectivity index (χ0) is 29.3. The van der Waals surface area contributed by atoms with Crippen LogP contribution in [0.3, 0.4) is 0 Å². The van der Waals surface area contributed by atoms with Gasteiger partial charge in [0.1, 0.15) is 35.0 Å². The Hall–Kier alpha value is -4.95. The zero-order valence-electron chi connectivity index (χ0n) is 23.4. The van der Waals surface area contributed by atoms with Gasteiger partial charge in [-0.2, -0.15) is 5.26 Å². The van der Waals surface area contributed by atoms with Gasteiger partial charge in [0.05, 0.1) is 11.7 Å². The molecule has 0 aliphatic carbocycles. The molecule has 1 saturated heterocycles. The molecule has 0 radical (unpaired) electrons. The summed E-state index contributed by atoms with van der Waals surface area (Å²) < 4.78 is 8.90. The third-order valence-corrected chi connectivity index (χ3v) is 6.79. The number of nitrogens with two attached hydrogens (primary N) is 1. The van der Waals surface area contributed by atoms with E-state index in [2.05, 4.69) is 15.3 Å². The summed E-state index contributed by atoms with van der Waals surface area (Å²) in [4.78, 5) is 37.0. The maximum atomic E-state index is 13.8. The first kappa shape index (κ1) is 27.6. The van der Waals surface area contributed by atoms with Crippen molar-refractivity contribution >= 4 is 22.9 Å². The van der Waals surface area contributed by atoms with Crippen molar-refractivity contribution in [3.8, 4) is 23.3 Å². The number of benzene rings is 2. The summed E-state index contributed by atoms with van der Waals surface area (Å²) in [6, 6.07) is 18.3. The molecule has 0 spiro atoms. The highest BCUT2D eigenvalue weighted by Crippen LogP contribution is 2.29. The Bertz CT molecular complexity index is 1710. The smallest absolute Gasteiger partial charge is 0.335 e. The molecular weight excluding hydrogens is 520 g/mol. The maximum absolute atomic E-state index is 13.8. The summed E-state index contributed by atoms with van der Waals surface area (Å²) in [6.07, 6.45) is 2.97. The number of nitrogens with zero attached hydrogens (tertiary/aromatic N) is 6. The number of imidazole rings is 1. The predicted octanol–water partition coefficient (Wildman–Crippen LogP) is 3.57. The van der Waals surface area contributed by atoms with E-state index in [1.54, 1.807) is 39.8 Å². The summed E-state index contributed by atoms with van der Waals surface area (Å²) in [5.41, 5.74) is 6.73. The van der Waals surface area contributed by atoms with Crippen LogP contribution >= 0.6 is 0 Å². The van der Waals surface area contributed by atoms with E-state index in [1.165, 1.54) is 10.9 Å². The number of carbonyl (C=O) groups is 1. The van der Waals surface area contributed by atoms with Gasteiger partial charge in [0, 0.05) is 24.7 Å². The highest BCUT2D eigenvalue weighted by Gasteiger charge is 2.37. The number of nitrogen functional groups attached to an aromatic ring is 1. The molecule has 1 aliphatic heterocycles. The Labute approximate surface area is 237 Å². The molecule has 0 atom stereocenters. The van der Waals surface area contributed by atoms with Gasteiger partial charge in [0.2, 0.25) is 0 Å². The number of amides is 1. The van der Waals surface area contributed by atoms with Gasteiger partial charge in [-0.1, -0.05) is 32.0 Å². The van der Waals surface area contributed by atoms with Gasteiger partial charge in [0.25, 0.3) is 5.91 Å². The molecule has 0 unspecified atom stereocenters. The second-order valence-electron chi connectivity index (χ2n) is 10.9. The largest absolute Gasteiger partial charge is 0.457 e. The Balaban J connectivity index is 1.42. The molecule has 1 fully saturated rings. The van der Waals surface area contributed by atoms with E-state index in [-0.39, 0.29) is 48.2 Å². The van der Waals surface area contributed by atoms with Crippen LogP contribution in [0.4, 0.5) is 5.82 Å². The normalized spacial score (nSPS) is 14.2. The second kappa shape index (κ2) is 10.9. The quantitative estimate of drug-likeness (QED) is 0.249. The molecule has 3 N–H and O–H groups in total. The van der Waals surface area contributed by atoms with E-state index >= 15 is 0 Å². The lowest BCUT2D eigenvalue weighted by Gasteiger charge is -2.39. The van der Waals surface area contributed by atoms with E-state index in [9.17, 15) is 14.9 Å². The summed E-state index contributed by atoms with van der Waals surface area (Å²) in [7, 11) is 0. The van der Waals surface area contributed by atoms with Crippen molar-refractivity contribution in [2.24, 2.45) is 0 Å². The molecule has 2 aromatic carbocycles. The SMILES string of the molecule is CC(C)NC(C)(C)/C=C(/C#N)C(=O)N1CC(n2c(=O)n(-c3ccc(Oc4ccccc4)cc3)c3c(N)ncnc32)C1. The number of nitriles is 1. The average Bonchev–Trinajstić information content (AvgIpc) is 3.19. The lowest BCUT2D eigenvalue weighted by molar-refractivity contribution is -0.132. The third kappa shape index (κ3) is 5.55. The van der Waals surface area contributed by atoms with Crippen LogP contribution in [0.1, 0.15) is 33.7 Å². The van der Waals surface area contributed by atoms with Crippen LogP contribution in [0.2, 0.25) is 0 Å². The molecule has 41 heavy (non-hydrogen) atoms. The molecule has 4 aromatic rings. The lowest BCUT2D eigenvalue weighted by Crippen LogP contribution is -2.53. The Morgan fingerprint density at radius 1 is 1.12 bits per heavy atom. The first-order valence-electron chi connectivity index (χ1n) is 13.3. The summed E-state index contributed by atoms with van der Waals surface area (Å²) in [5, 5.41) is 13.0. The van der Waals surface area contributed by atoms with Crippen LogP contribution in [0.25, 0.3) is 16.9 Å². The average molecular weight is 553 g/mol. The maximum Gasteiger partial charge on any atom is 0.335 e. The van der Waals surface area contributed by atoms with Gasteiger partial charge in [0.15, 0.2) is 11.5 Å². The minimum atomic E-state index is -0.542. The molecule has 0 saturated carbocycles. The lowest BCUT2D eigenvalue weighted by atomic mass is 9.98. The van der Waals surface area contributed by atoms with Gasteiger partial charge >= 0.3 is 5.69 Å². The number of anilines is 1. The summed E-state index contributed by atoms with van der Waals surface area (Å²) >= 11 is 0. The minimum absolute atomic E-state index is 0.0563. The van der Waals surface area contributed by atoms with E-state index in [0.29, 0.717) is 28.4 Å². The number of likely N-dealkylation sites (tertiary alicyclic amines) is 1. The highest BCUT2D eigenvalue weighted by atomic mass is 16.5. The number of ether oxygens (including phenoxy) is 1. The number of nitrogens with one attached hydrogen (secondary N) is 1. The Morgan fingerprint density at radius 3 is 2.41 bits per heavy atom. The standard InChI is InChI=1S/C30H32N8O3/c1-19(2)35-30(3,4)14-20(15-31)28(39)36-16-22(17-36)38-27-25(26(32)33-18-34-27)37(29(38)40)21-10-12-24(13-11-21)41-23-8-6-5-7-9-23/h5-14,18-19,22,35H,16-17H2,1-4H3,(H2,32,33,34)/b20-14-. The Kier molecular flexibility index (Phi) is 7.34. The van der Waals surface area contributed by atoms with Gasteiger partial charge in [-0.05, 0) is 56.3 Å². The molecular formula is C30H32N8O3. The fourth-order valence-electron chi connectivity index (χ4n) is 5.17. The van der Waals surface area contributed by atoms with Crippen LogP contribution < -0.4 is 21.5 Å². The fourth-order valence-corrected chi connectivity index (χ4v) is 5.17. The minimum Gasteiger partial charge on any atom is -0.457 e. The van der Waals surface area contributed by atoms with Gasteiger partial charge in [-0.25, -0.2) is 14.8 Å². The predicted molar refractivity (Wildman–Crippen MR) is 156 cm³/mol.